The highest BCUT2D eigenvalue weighted by Crippen LogP contribution is 2.29. The molecule has 6 heteroatoms. The summed E-state index contributed by atoms with van der Waals surface area (Å²) < 4.78 is 1.90. The fraction of sp³-hybridized carbons (Fsp3) is 0.500. The van der Waals surface area contributed by atoms with Gasteiger partial charge in [-0.1, -0.05) is 0 Å². The summed E-state index contributed by atoms with van der Waals surface area (Å²) in [5.74, 6) is 0.592. The topological polar surface area (TPSA) is 42.7 Å². The van der Waals surface area contributed by atoms with Crippen LogP contribution >= 0.6 is 24.8 Å². The number of fused-ring (bicyclic) bond motifs is 1. The molecule has 0 bridgehead atoms. The molecule has 3 rings (SSSR count). The summed E-state index contributed by atoms with van der Waals surface area (Å²) in [6.07, 6.45) is 4.19. The van der Waals surface area contributed by atoms with Crippen molar-refractivity contribution < 1.29 is 0 Å². The SMILES string of the molecule is Cl.Cl.Cn1nc(C2CCNCC2)c2cccnc21. The minimum absolute atomic E-state index is 0. The lowest BCUT2D eigenvalue weighted by Crippen LogP contribution is -2.26. The number of rotatable bonds is 1. The van der Waals surface area contributed by atoms with E-state index in [9.17, 15) is 0 Å². The summed E-state index contributed by atoms with van der Waals surface area (Å²) >= 11 is 0. The minimum Gasteiger partial charge on any atom is -0.317 e. The van der Waals surface area contributed by atoms with Gasteiger partial charge in [0.15, 0.2) is 5.65 Å². The first-order chi connectivity index (χ1) is 7.86. The van der Waals surface area contributed by atoms with E-state index in [0.29, 0.717) is 5.92 Å². The van der Waals surface area contributed by atoms with Crippen LogP contribution in [0.25, 0.3) is 11.0 Å². The fourth-order valence-corrected chi connectivity index (χ4v) is 2.51. The average Bonchev–Trinajstić information content (AvgIpc) is 2.69. The summed E-state index contributed by atoms with van der Waals surface area (Å²) in [6, 6.07) is 4.13. The molecule has 2 aromatic rings. The van der Waals surface area contributed by atoms with Gasteiger partial charge in [0.25, 0.3) is 0 Å². The molecule has 1 saturated heterocycles. The van der Waals surface area contributed by atoms with Crippen LogP contribution in [0.5, 0.6) is 0 Å². The smallest absolute Gasteiger partial charge is 0.157 e. The van der Waals surface area contributed by atoms with E-state index >= 15 is 0 Å². The van der Waals surface area contributed by atoms with E-state index in [1.165, 1.54) is 23.9 Å². The molecule has 0 aliphatic carbocycles. The molecular weight excluding hydrogens is 271 g/mol. The number of halogens is 2. The Kier molecular flexibility index (Phi) is 5.38. The van der Waals surface area contributed by atoms with Crippen LogP contribution in [-0.4, -0.2) is 27.9 Å². The number of pyridine rings is 1. The Morgan fingerprint density at radius 2 is 2.00 bits per heavy atom. The highest BCUT2D eigenvalue weighted by atomic mass is 35.5. The zero-order valence-corrected chi connectivity index (χ0v) is 11.9. The van der Waals surface area contributed by atoms with E-state index in [4.69, 9.17) is 0 Å². The van der Waals surface area contributed by atoms with Crippen molar-refractivity contribution in [1.29, 1.82) is 0 Å². The van der Waals surface area contributed by atoms with Crippen LogP contribution in [0.2, 0.25) is 0 Å². The summed E-state index contributed by atoms with van der Waals surface area (Å²) in [4.78, 5) is 4.38. The molecule has 1 aliphatic rings. The number of hydrogen-bond donors (Lipinski definition) is 1. The van der Waals surface area contributed by atoms with E-state index in [1.807, 2.05) is 24.0 Å². The molecule has 0 unspecified atom stereocenters. The molecule has 100 valence electrons. The Labute approximate surface area is 119 Å². The third-order valence-corrected chi connectivity index (χ3v) is 3.35. The average molecular weight is 289 g/mol. The van der Waals surface area contributed by atoms with Crippen molar-refractivity contribution in [2.45, 2.75) is 18.8 Å². The second kappa shape index (κ2) is 6.36. The number of nitrogens with one attached hydrogen (secondary N) is 1. The van der Waals surface area contributed by atoms with E-state index in [-0.39, 0.29) is 24.8 Å². The molecule has 0 radical (unpaired) electrons. The number of hydrogen-bond acceptors (Lipinski definition) is 3. The van der Waals surface area contributed by atoms with Crippen LogP contribution in [0, 0.1) is 0 Å². The van der Waals surface area contributed by atoms with Crippen molar-refractivity contribution in [1.82, 2.24) is 20.1 Å². The van der Waals surface area contributed by atoms with Crippen molar-refractivity contribution in [3.05, 3.63) is 24.0 Å². The van der Waals surface area contributed by atoms with Crippen LogP contribution < -0.4 is 5.32 Å². The van der Waals surface area contributed by atoms with Crippen molar-refractivity contribution in [3.63, 3.8) is 0 Å². The largest absolute Gasteiger partial charge is 0.317 e. The molecule has 1 aliphatic heterocycles. The highest BCUT2D eigenvalue weighted by Gasteiger charge is 2.21. The zero-order valence-electron chi connectivity index (χ0n) is 10.3. The number of aromatic nitrogens is 3. The molecular formula is C12H18Cl2N4. The Morgan fingerprint density at radius 3 is 2.72 bits per heavy atom. The van der Waals surface area contributed by atoms with Crippen LogP contribution in [0.1, 0.15) is 24.5 Å². The van der Waals surface area contributed by atoms with Crippen molar-refractivity contribution >= 4 is 35.8 Å². The van der Waals surface area contributed by atoms with Gasteiger partial charge in [0, 0.05) is 24.5 Å². The molecule has 1 N–H and O–H groups in total. The van der Waals surface area contributed by atoms with Gasteiger partial charge in [-0.15, -0.1) is 24.8 Å². The Bertz CT molecular complexity index is 506. The van der Waals surface area contributed by atoms with Crippen LogP contribution in [0.15, 0.2) is 18.3 Å². The summed E-state index contributed by atoms with van der Waals surface area (Å²) in [5.41, 5.74) is 2.23. The summed E-state index contributed by atoms with van der Waals surface area (Å²) in [7, 11) is 1.97. The third-order valence-electron chi connectivity index (χ3n) is 3.35. The lowest BCUT2D eigenvalue weighted by molar-refractivity contribution is 0.451. The van der Waals surface area contributed by atoms with Crippen LogP contribution in [-0.2, 0) is 7.05 Å². The lowest BCUT2D eigenvalue weighted by Gasteiger charge is -2.20. The summed E-state index contributed by atoms with van der Waals surface area (Å²) in [5, 5.41) is 9.25. The minimum atomic E-state index is 0. The van der Waals surface area contributed by atoms with E-state index < -0.39 is 0 Å². The van der Waals surface area contributed by atoms with Gasteiger partial charge in [0.1, 0.15) is 0 Å². The number of nitrogens with zero attached hydrogens (tertiary/aromatic N) is 3. The van der Waals surface area contributed by atoms with Crippen molar-refractivity contribution in [3.8, 4) is 0 Å². The first kappa shape index (κ1) is 15.2. The van der Waals surface area contributed by atoms with Gasteiger partial charge < -0.3 is 5.32 Å². The standard InChI is InChI=1S/C12H16N4.2ClH/c1-16-12-10(3-2-6-14-12)11(15-16)9-4-7-13-8-5-9;;/h2-3,6,9,13H,4-5,7-8H2,1H3;2*1H. The van der Waals surface area contributed by atoms with Gasteiger partial charge in [-0.2, -0.15) is 5.10 Å². The molecule has 18 heavy (non-hydrogen) atoms. The normalized spacial score (nSPS) is 16.1. The van der Waals surface area contributed by atoms with Gasteiger partial charge in [0.05, 0.1) is 5.69 Å². The third kappa shape index (κ3) is 2.60. The molecule has 2 aromatic heterocycles. The van der Waals surface area contributed by atoms with Gasteiger partial charge in [0.2, 0.25) is 0 Å². The molecule has 3 heterocycles. The fourth-order valence-electron chi connectivity index (χ4n) is 2.51. The van der Waals surface area contributed by atoms with E-state index in [2.05, 4.69) is 21.5 Å². The second-order valence-electron chi connectivity index (χ2n) is 4.41. The highest BCUT2D eigenvalue weighted by molar-refractivity contribution is 5.85. The lowest BCUT2D eigenvalue weighted by atomic mass is 9.93. The number of piperidine rings is 1. The van der Waals surface area contributed by atoms with E-state index in [0.717, 1.165) is 18.7 Å². The second-order valence-corrected chi connectivity index (χ2v) is 4.41. The van der Waals surface area contributed by atoms with Gasteiger partial charge >= 0.3 is 0 Å². The molecule has 4 nitrogen and oxygen atoms in total. The van der Waals surface area contributed by atoms with E-state index in [1.54, 1.807) is 0 Å². The maximum atomic E-state index is 4.64. The molecule has 0 aromatic carbocycles. The van der Waals surface area contributed by atoms with Crippen LogP contribution in [0.3, 0.4) is 0 Å². The molecule has 0 atom stereocenters. The predicted molar refractivity (Wildman–Crippen MR) is 77.8 cm³/mol. The summed E-state index contributed by atoms with van der Waals surface area (Å²) in [6.45, 7) is 2.20. The number of aryl methyl sites for hydroxylation is 1. The zero-order chi connectivity index (χ0) is 11.0. The Hall–Kier alpha value is -0.840. The van der Waals surface area contributed by atoms with Gasteiger partial charge in [-0.05, 0) is 38.1 Å². The first-order valence-corrected chi connectivity index (χ1v) is 5.84. The Balaban J connectivity index is 0.000000810. The van der Waals surface area contributed by atoms with Crippen molar-refractivity contribution in [2.24, 2.45) is 7.05 Å². The van der Waals surface area contributed by atoms with Crippen molar-refractivity contribution in [2.75, 3.05) is 13.1 Å². The quantitative estimate of drug-likeness (QED) is 0.876. The van der Waals surface area contributed by atoms with Crippen LogP contribution in [0.4, 0.5) is 0 Å². The molecule has 0 spiro atoms. The molecule has 0 amide bonds. The first-order valence-electron chi connectivity index (χ1n) is 5.84. The monoisotopic (exact) mass is 288 g/mol. The molecule has 1 fully saturated rings. The predicted octanol–water partition coefficient (Wildman–Crippen LogP) is 2.28. The molecule has 0 saturated carbocycles. The Morgan fingerprint density at radius 1 is 1.28 bits per heavy atom. The maximum Gasteiger partial charge on any atom is 0.157 e. The maximum absolute atomic E-state index is 4.64. The van der Waals surface area contributed by atoms with Gasteiger partial charge in [-0.3, -0.25) is 4.68 Å². The van der Waals surface area contributed by atoms with Gasteiger partial charge in [-0.25, -0.2) is 4.98 Å².